The molecule has 2 fully saturated rings. The molecule has 0 aliphatic carbocycles. The largest absolute Gasteiger partial charge is 0.376 e. The first-order valence-corrected chi connectivity index (χ1v) is 10.4. The molecule has 2 aromatic heterocycles. The van der Waals surface area contributed by atoms with Crippen LogP contribution in [0.15, 0.2) is 6.20 Å². The monoisotopic (exact) mass is 407 g/mol. The summed E-state index contributed by atoms with van der Waals surface area (Å²) < 4.78 is 13.8. The van der Waals surface area contributed by atoms with E-state index in [2.05, 4.69) is 43.3 Å². The second kappa shape index (κ2) is 7.47. The number of imidazole rings is 1. The highest BCUT2D eigenvalue weighted by molar-refractivity contribution is 6.28. The summed E-state index contributed by atoms with van der Waals surface area (Å²) in [5.41, 5.74) is 1.61. The summed E-state index contributed by atoms with van der Waals surface area (Å²) in [5.74, 6) is 1.01. The van der Waals surface area contributed by atoms with E-state index in [1.165, 1.54) is 0 Å². The number of halogens is 1. The Morgan fingerprint density at radius 1 is 1.00 bits per heavy atom. The van der Waals surface area contributed by atoms with E-state index in [0.29, 0.717) is 0 Å². The van der Waals surface area contributed by atoms with Crippen LogP contribution in [0.2, 0.25) is 5.28 Å². The van der Waals surface area contributed by atoms with Crippen LogP contribution in [-0.2, 0) is 16.0 Å². The van der Waals surface area contributed by atoms with Gasteiger partial charge in [0.15, 0.2) is 5.65 Å². The third-order valence-electron chi connectivity index (χ3n) is 5.76. The average Bonchev–Trinajstić information content (AvgIpc) is 3.05. The summed E-state index contributed by atoms with van der Waals surface area (Å²) in [6.45, 7) is 11.0. The maximum atomic E-state index is 6.07. The third kappa shape index (κ3) is 3.30. The number of hydrogen-bond donors (Lipinski definition) is 0. The zero-order valence-corrected chi connectivity index (χ0v) is 17.0. The van der Waals surface area contributed by atoms with Gasteiger partial charge in [0.1, 0.15) is 17.5 Å². The van der Waals surface area contributed by atoms with Crippen molar-refractivity contribution in [3.05, 3.63) is 17.3 Å². The quantitative estimate of drug-likeness (QED) is 0.686. The summed E-state index contributed by atoms with van der Waals surface area (Å²) in [4.78, 5) is 16.0. The molecule has 0 aromatic carbocycles. The predicted octanol–water partition coefficient (Wildman–Crippen LogP) is 1.15. The molecule has 0 amide bonds. The standard InChI is InChI=1S/C18H26ClN7O2/c1-12-10-23(5-7-27-12)17-16-21-14-9-20-18(19)22-15(14)25(16)3-4-26(17)24-6-8-28-13(2)11-24/h9,12-13,17H,3-8,10-11H2,1-2H3. The van der Waals surface area contributed by atoms with Gasteiger partial charge in [0.2, 0.25) is 5.28 Å². The smallest absolute Gasteiger partial charge is 0.224 e. The maximum Gasteiger partial charge on any atom is 0.224 e. The number of ether oxygens (including phenoxy) is 2. The summed E-state index contributed by atoms with van der Waals surface area (Å²) in [7, 11) is 0. The van der Waals surface area contributed by atoms with E-state index in [0.717, 1.165) is 69.5 Å². The van der Waals surface area contributed by atoms with Gasteiger partial charge in [-0.3, -0.25) is 4.90 Å². The summed E-state index contributed by atoms with van der Waals surface area (Å²) >= 11 is 6.07. The second-order valence-corrected chi connectivity index (χ2v) is 8.11. The average molecular weight is 408 g/mol. The molecule has 0 spiro atoms. The van der Waals surface area contributed by atoms with Gasteiger partial charge in [0, 0.05) is 39.3 Å². The Balaban J connectivity index is 1.56. The lowest BCUT2D eigenvalue weighted by atomic mass is 10.2. The second-order valence-electron chi connectivity index (χ2n) is 7.78. The van der Waals surface area contributed by atoms with Crippen molar-refractivity contribution >= 4 is 22.8 Å². The maximum absolute atomic E-state index is 6.07. The first-order chi connectivity index (χ1) is 13.6. The Kier molecular flexibility index (Phi) is 4.98. The van der Waals surface area contributed by atoms with Gasteiger partial charge in [-0.05, 0) is 25.4 Å². The Bertz CT molecular complexity index is 862. The Labute approximate surface area is 169 Å². The summed E-state index contributed by atoms with van der Waals surface area (Å²) in [6.07, 6.45) is 2.19. The molecule has 5 rings (SSSR count). The Hall–Kier alpha value is -1.36. The minimum Gasteiger partial charge on any atom is -0.376 e. The first kappa shape index (κ1) is 18.7. The van der Waals surface area contributed by atoms with Gasteiger partial charge in [-0.1, -0.05) is 0 Å². The number of fused-ring (bicyclic) bond motifs is 3. The van der Waals surface area contributed by atoms with E-state index in [1.807, 2.05) is 0 Å². The topological polar surface area (TPSA) is 71.8 Å². The first-order valence-electron chi connectivity index (χ1n) is 9.97. The molecule has 28 heavy (non-hydrogen) atoms. The minimum absolute atomic E-state index is 0.0402. The SMILES string of the molecule is CC1CN(C2c3nc4cnc(Cl)nc4n3CCN2N2CCOC(C)C2)CCO1. The zero-order valence-electron chi connectivity index (χ0n) is 16.3. The normalized spacial score (nSPS) is 30.6. The van der Waals surface area contributed by atoms with E-state index in [4.69, 9.17) is 26.1 Å². The number of nitrogens with zero attached hydrogens (tertiary/aromatic N) is 7. The molecular weight excluding hydrogens is 382 g/mol. The number of aromatic nitrogens is 4. The van der Waals surface area contributed by atoms with Crippen LogP contribution in [0.3, 0.4) is 0 Å². The molecule has 0 saturated carbocycles. The van der Waals surface area contributed by atoms with Crippen LogP contribution in [0.1, 0.15) is 25.8 Å². The van der Waals surface area contributed by atoms with Crippen molar-refractivity contribution in [2.75, 3.05) is 45.9 Å². The molecule has 152 valence electrons. The van der Waals surface area contributed by atoms with Crippen LogP contribution in [0.25, 0.3) is 11.2 Å². The highest BCUT2D eigenvalue weighted by Crippen LogP contribution is 2.34. The van der Waals surface area contributed by atoms with Crippen LogP contribution >= 0.6 is 11.6 Å². The molecule has 5 heterocycles. The van der Waals surface area contributed by atoms with E-state index >= 15 is 0 Å². The molecule has 9 nitrogen and oxygen atoms in total. The molecule has 2 aromatic rings. The van der Waals surface area contributed by atoms with Crippen molar-refractivity contribution in [2.24, 2.45) is 0 Å². The van der Waals surface area contributed by atoms with Gasteiger partial charge >= 0.3 is 0 Å². The Morgan fingerprint density at radius 2 is 1.79 bits per heavy atom. The van der Waals surface area contributed by atoms with Crippen LogP contribution in [0.4, 0.5) is 0 Å². The molecule has 3 unspecified atom stereocenters. The highest BCUT2D eigenvalue weighted by atomic mass is 35.5. The molecule has 3 atom stereocenters. The van der Waals surface area contributed by atoms with Crippen molar-refractivity contribution in [1.82, 2.24) is 34.4 Å². The molecule has 3 aliphatic rings. The third-order valence-corrected chi connectivity index (χ3v) is 5.94. The lowest BCUT2D eigenvalue weighted by molar-refractivity contribution is -0.189. The number of morpholine rings is 2. The number of rotatable bonds is 2. The van der Waals surface area contributed by atoms with Gasteiger partial charge in [0.05, 0.1) is 31.6 Å². The molecule has 0 radical (unpaired) electrons. The zero-order chi connectivity index (χ0) is 19.3. The lowest BCUT2D eigenvalue weighted by Gasteiger charge is -2.50. The van der Waals surface area contributed by atoms with Gasteiger partial charge in [0.25, 0.3) is 0 Å². The van der Waals surface area contributed by atoms with Crippen molar-refractivity contribution < 1.29 is 9.47 Å². The molecule has 0 N–H and O–H groups in total. The van der Waals surface area contributed by atoms with Gasteiger partial charge < -0.3 is 14.0 Å². The highest BCUT2D eigenvalue weighted by Gasteiger charge is 2.40. The van der Waals surface area contributed by atoms with Crippen molar-refractivity contribution in [3.63, 3.8) is 0 Å². The summed E-state index contributed by atoms with van der Waals surface area (Å²) in [6, 6.07) is 0. The van der Waals surface area contributed by atoms with E-state index in [9.17, 15) is 0 Å². The van der Waals surface area contributed by atoms with Crippen molar-refractivity contribution in [1.29, 1.82) is 0 Å². The fraction of sp³-hybridized carbons (Fsp3) is 0.722. The molecule has 10 heteroatoms. The van der Waals surface area contributed by atoms with Gasteiger partial charge in [-0.25, -0.2) is 20.0 Å². The fourth-order valence-corrected chi connectivity index (χ4v) is 4.67. The number of hydrogen-bond acceptors (Lipinski definition) is 8. The van der Waals surface area contributed by atoms with Crippen molar-refractivity contribution in [2.45, 2.75) is 38.8 Å². The molecule has 3 aliphatic heterocycles. The molecule has 0 bridgehead atoms. The van der Waals surface area contributed by atoms with Crippen LogP contribution in [0.5, 0.6) is 0 Å². The Morgan fingerprint density at radius 3 is 2.57 bits per heavy atom. The van der Waals surface area contributed by atoms with Crippen molar-refractivity contribution in [3.8, 4) is 0 Å². The van der Waals surface area contributed by atoms with Gasteiger partial charge in [-0.2, -0.15) is 4.98 Å². The number of hydrazine groups is 1. The predicted molar refractivity (Wildman–Crippen MR) is 104 cm³/mol. The van der Waals surface area contributed by atoms with E-state index < -0.39 is 0 Å². The van der Waals surface area contributed by atoms with E-state index in [-0.39, 0.29) is 23.7 Å². The fourth-order valence-electron chi connectivity index (χ4n) is 4.54. The van der Waals surface area contributed by atoms with E-state index in [1.54, 1.807) is 6.20 Å². The molecule has 2 saturated heterocycles. The molecular formula is C18H26ClN7O2. The van der Waals surface area contributed by atoms with Crippen LogP contribution in [0, 0.1) is 0 Å². The minimum atomic E-state index is 0.0402. The van der Waals surface area contributed by atoms with Crippen LogP contribution in [-0.4, -0.2) is 92.6 Å². The lowest BCUT2D eigenvalue weighted by Crippen LogP contribution is -2.60. The summed E-state index contributed by atoms with van der Waals surface area (Å²) in [5, 5.41) is 5.16. The van der Waals surface area contributed by atoms with Gasteiger partial charge in [-0.15, -0.1) is 0 Å². The van der Waals surface area contributed by atoms with Crippen LogP contribution < -0.4 is 0 Å².